The predicted molar refractivity (Wildman–Crippen MR) is 90.8 cm³/mol. The number of H-pyrrole nitrogens is 1. The first-order chi connectivity index (χ1) is 11.6. The second-order valence-electron chi connectivity index (χ2n) is 6.19. The number of hydrogen-bond donors (Lipinski definition) is 3. The van der Waals surface area contributed by atoms with E-state index < -0.39 is 5.82 Å². The summed E-state index contributed by atoms with van der Waals surface area (Å²) in [6.07, 6.45) is 4.70. The predicted octanol–water partition coefficient (Wildman–Crippen LogP) is 2.90. The van der Waals surface area contributed by atoms with Crippen LogP contribution in [0.1, 0.15) is 34.5 Å². The summed E-state index contributed by atoms with van der Waals surface area (Å²) < 4.78 is 13.8. The second-order valence-corrected chi connectivity index (χ2v) is 6.19. The van der Waals surface area contributed by atoms with E-state index >= 15 is 0 Å². The molecule has 1 aromatic heterocycles. The number of hydrogen-bond acceptors (Lipinski definition) is 3. The van der Waals surface area contributed by atoms with Crippen molar-refractivity contribution < 1.29 is 9.18 Å². The minimum atomic E-state index is -0.438. The van der Waals surface area contributed by atoms with E-state index in [0.717, 1.165) is 42.8 Å². The minimum Gasteiger partial charge on any atom is -0.364 e. The van der Waals surface area contributed by atoms with E-state index in [4.69, 9.17) is 0 Å². The van der Waals surface area contributed by atoms with E-state index in [1.54, 1.807) is 24.4 Å². The number of aromatic amines is 1. The zero-order valence-corrected chi connectivity index (χ0v) is 13.4. The molecule has 2 aromatic rings. The molecule has 5 nitrogen and oxygen atoms in total. The average molecular weight is 326 g/mol. The van der Waals surface area contributed by atoms with Crippen molar-refractivity contribution in [2.45, 2.75) is 19.3 Å². The molecule has 2 aliphatic rings. The van der Waals surface area contributed by atoms with E-state index in [9.17, 15) is 9.18 Å². The van der Waals surface area contributed by atoms with E-state index in [0.29, 0.717) is 5.56 Å². The van der Waals surface area contributed by atoms with Gasteiger partial charge in [-0.2, -0.15) is 0 Å². The fourth-order valence-electron chi connectivity index (χ4n) is 3.51. The minimum absolute atomic E-state index is 0.193. The number of anilines is 1. The molecule has 3 N–H and O–H groups in total. The monoisotopic (exact) mass is 326 g/mol. The smallest absolute Gasteiger partial charge is 0.257 e. The molecule has 0 radical (unpaired) electrons. The van der Waals surface area contributed by atoms with Gasteiger partial charge in [0.15, 0.2) is 0 Å². The molecular weight excluding hydrogens is 307 g/mol. The van der Waals surface area contributed by atoms with Crippen LogP contribution in [-0.2, 0) is 6.42 Å². The maximum Gasteiger partial charge on any atom is 0.257 e. The number of amides is 1. The quantitative estimate of drug-likeness (QED) is 0.795. The standard InChI is InChI=1S/C18H19FN4O/c1-23-17-11(9-21-23)5-4-8-15-16(17)12(10-20-15)18(24)22-14-7-3-2-6-13(14)19/h2-3,6-7,10,20-21H,4-5,8-9H2,1H3,(H,22,24). The van der Waals surface area contributed by atoms with Crippen LogP contribution in [0.2, 0.25) is 0 Å². The number of nitrogens with one attached hydrogen (secondary N) is 3. The molecule has 24 heavy (non-hydrogen) atoms. The van der Waals surface area contributed by atoms with Gasteiger partial charge in [0.1, 0.15) is 5.82 Å². The molecule has 0 bridgehead atoms. The zero-order chi connectivity index (χ0) is 16.7. The molecule has 0 fully saturated rings. The Morgan fingerprint density at radius 3 is 2.96 bits per heavy atom. The molecule has 0 spiro atoms. The molecule has 1 aromatic carbocycles. The third-order valence-electron chi connectivity index (χ3n) is 4.67. The first-order valence-electron chi connectivity index (χ1n) is 8.11. The fourth-order valence-corrected chi connectivity index (χ4v) is 3.51. The topological polar surface area (TPSA) is 60.2 Å². The van der Waals surface area contributed by atoms with Crippen molar-refractivity contribution in [1.82, 2.24) is 15.4 Å². The van der Waals surface area contributed by atoms with Crippen LogP contribution in [0.3, 0.4) is 0 Å². The summed E-state index contributed by atoms with van der Waals surface area (Å²) in [4.78, 5) is 16.0. The Hall–Kier alpha value is -2.60. The van der Waals surface area contributed by atoms with Crippen LogP contribution in [0.25, 0.3) is 5.70 Å². The van der Waals surface area contributed by atoms with Gasteiger partial charge in [0.25, 0.3) is 5.91 Å². The highest BCUT2D eigenvalue weighted by Crippen LogP contribution is 2.36. The van der Waals surface area contributed by atoms with Gasteiger partial charge in [-0.05, 0) is 37.0 Å². The van der Waals surface area contributed by atoms with Gasteiger partial charge in [0.2, 0.25) is 0 Å². The largest absolute Gasteiger partial charge is 0.364 e. The Kier molecular flexibility index (Phi) is 3.61. The SMILES string of the molecule is CN1NCC2=C1c1c(C(=O)Nc3ccccc3F)c[nH]c1CCC2. The number of nitrogens with zero attached hydrogens (tertiary/aromatic N) is 1. The number of fused-ring (bicyclic) bond motifs is 2. The highest BCUT2D eigenvalue weighted by atomic mass is 19.1. The van der Waals surface area contributed by atoms with Crippen LogP contribution in [0.15, 0.2) is 36.0 Å². The zero-order valence-electron chi connectivity index (χ0n) is 13.4. The lowest BCUT2D eigenvalue weighted by atomic mass is 10.0. The first-order valence-corrected chi connectivity index (χ1v) is 8.11. The molecular formula is C18H19FN4O. The van der Waals surface area contributed by atoms with Gasteiger partial charge < -0.3 is 15.3 Å². The Labute approximate surface area is 139 Å². The Morgan fingerprint density at radius 2 is 2.12 bits per heavy atom. The van der Waals surface area contributed by atoms with Crippen molar-refractivity contribution in [3.63, 3.8) is 0 Å². The molecule has 6 heteroatoms. The second kappa shape index (κ2) is 5.79. The molecule has 124 valence electrons. The number of rotatable bonds is 2. The van der Waals surface area contributed by atoms with E-state index in [-0.39, 0.29) is 11.6 Å². The molecule has 0 saturated carbocycles. The van der Waals surface area contributed by atoms with Crippen LogP contribution >= 0.6 is 0 Å². The van der Waals surface area contributed by atoms with Crippen LogP contribution in [-0.4, -0.2) is 29.5 Å². The van der Waals surface area contributed by atoms with Crippen molar-refractivity contribution in [1.29, 1.82) is 0 Å². The molecule has 0 unspecified atom stereocenters. The maximum atomic E-state index is 13.8. The highest BCUT2D eigenvalue weighted by molar-refractivity contribution is 6.08. The van der Waals surface area contributed by atoms with Gasteiger partial charge in [0.05, 0.1) is 16.9 Å². The molecule has 1 aliphatic heterocycles. The van der Waals surface area contributed by atoms with Gasteiger partial charge >= 0.3 is 0 Å². The third kappa shape index (κ3) is 2.39. The summed E-state index contributed by atoms with van der Waals surface area (Å²) in [7, 11) is 1.96. The first kappa shape index (κ1) is 15.0. The van der Waals surface area contributed by atoms with Gasteiger partial charge in [-0.3, -0.25) is 4.79 Å². The van der Waals surface area contributed by atoms with Crippen LogP contribution in [0.5, 0.6) is 0 Å². The number of hydrazine groups is 1. The molecule has 2 heterocycles. The van der Waals surface area contributed by atoms with Crippen molar-refractivity contribution in [2.24, 2.45) is 0 Å². The lowest BCUT2D eigenvalue weighted by molar-refractivity contribution is 0.102. The molecule has 0 atom stereocenters. The van der Waals surface area contributed by atoms with Crippen molar-refractivity contribution in [3.05, 3.63) is 58.7 Å². The fraction of sp³-hybridized carbons (Fsp3) is 0.278. The molecule has 1 aliphatic carbocycles. The Bertz CT molecular complexity index is 839. The van der Waals surface area contributed by atoms with Gasteiger partial charge in [-0.25, -0.2) is 9.82 Å². The molecule has 1 amide bonds. The third-order valence-corrected chi connectivity index (χ3v) is 4.67. The lowest BCUT2D eigenvalue weighted by Crippen LogP contribution is -2.27. The van der Waals surface area contributed by atoms with E-state index in [1.165, 1.54) is 11.6 Å². The lowest BCUT2D eigenvalue weighted by Gasteiger charge is -2.18. The van der Waals surface area contributed by atoms with Crippen LogP contribution in [0, 0.1) is 5.82 Å². The Morgan fingerprint density at radius 1 is 1.29 bits per heavy atom. The number of benzene rings is 1. The van der Waals surface area contributed by atoms with Crippen molar-refractivity contribution >= 4 is 17.3 Å². The summed E-state index contributed by atoms with van der Waals surface area (Å²) in [6.45, 7) is 0.810. The van der Waals surface area contributed by atoms with Crippen LogP contribution in [0.4, 0.5) is 10.1 Å². The highest BCUT2D eigenvalue weighted by Gasteiger charge is 2.30. The number of aromatic nitrogens is 1. The summed E-state index contributed by atoms with van der Waals surface area (Å²) >= 11 is 0. The van der Waals surface area contributed by atoms with Gasteiger partial charge in [-0.15, -0.1) is 0 Å². The maximum absolute atomic E-state index is 13.8. The summed E-state index contributed by atoms with van der Waals surface area (Å²) in [5.74, 6) is -0.737. The summed E-state index contributed by atoms with van der Waals surface area (Å²) in [5.41, 5.74) is 8.43. The normalized spacial score (nSPS) is 16.7. The van der Waals surface area contributed by atoms with Crippen molar-refractivity contribution in [3.8, 4) is 0 Å². The van der Waals surface area contributed by atoms with Gasteiger partial charge in [0, 0.05) is 31.0 Å². The van der Waals surface area contributed by atoms with E-state index in [1.807, 2.05) is 12.1 Å². The summed E-state index contributed by atoms with van der Waals surface area (Å²) in [5, 5.41) is 4.66. The van der Waals surface area contributed by atoms with Crippen LogP contribution < -0.4 is 10.7 Å². The number of halogens is 1. The van der Waals surface area contributed by atoms with E-state index in [2.05, 4.69) is 15.7 Å². The van der Waals surface area contributed by atoms with Crippen molar-refractivity contribution in [2.75, 3.05) is 18.9 Å². The molecule has 0 saturated heterocycles. The number of carbonyl (C=O) groups excluding carboxylic acids is 1. The van der Waals surface area contributed by atoms with Gasteiger partial charge in [-0.1, -0.05) is 12.1 Å². The number of aryl methyl sites for hydroxylation is 1. The summed E-state index contributed by atoms with van der Waals surface area (Å²) in [6, 6.07) is 6.20. The Balaban J connectivity index is 1.73. The molecule has 4 rings (SSSR count). The number of para-hydroxylation sites is 1. The number of carbonyl (C=O) groups is 1. The average Bonchev–Trinajstić information content (AvgIpc) is 3.08.